The molecule has 0 fully saturated rings. The molecule has 0 atom stereocenters. The number of methoxy groups -OCH3 is 1. The van der Waals surface area contributed by atoms with Crippen LogP contribution in [0.25, 0.3) is 11.4 Å². The molecular formula is C13H14BrN3O. The fourth-order valence-electron chi connectivity index (χ4n) is 1.68. The van der Waals surface area contributed by atoms with E-state index in [0.717, 1.165) is 21.3 Å². The minimum atomic E-state index is 0.453. The Morgan fingerprint density at radius 1 is 1.33 bits per heavy atom. The molecule has 0 unspecified atom stereocenters. The highest BCUT2D eigenvalue weighted by Gasteiger charge is 2.08. The summed E-state index contributed by atoms with van der Waals surface area (Å²) in [6.45, 7) is 2.46. The standard InChI is InChI=1S/C13H14BrN3O/c1-8-11(14)12(15)17-13(16-8)10-5-3-4-9(6-10)7-18-2/h3-6H,7H2,1-2H3,(H2,15,16,17). The number of rotatable bonds is 3. The lowest BCUT2D eigenvalue weighted by Crippen LogP contribution is -2.00. The van der Waals surface area contributed by atoms with Gasteiger partial charge in [-0.15, -0.1) is 0 Å². The molecule has 18 heavy (non-hydrogen) atoms. The average molecular weight is 308 g/mol. The van der Waals surface area contributed by atoms with E-state index >= 15 is 0 Å². The summed E-state index contributed by atoms with van der Waals surface area (Å²) in [6, 6.07) is 7.93. The average Bonchev–Trinajstić information content (AvgIpc) is 2.36. The number of nitrogens with two attached hydrogens (primary N) is 1. The fourth-order valence-corrected chi connectivity index (χ4v) is 1.85. The van der Waals surface area contributed by atoms with Crippen LogP contribution in [-0.2, 0) is 11.3 Å². The van der Waals surface area contributed by atoms with E-state index in [4.69, 9.17) is 10.5 Å². The monoisotopic (exact) mass is 307 g/mol. The van der Waals surface area contributed by atoms with E-state index in [-0.39, 0.29) is 0 Å². The van der Waals surface area contributed by atoms with Crippen LogP contribution in [0.1, 0.15) is 11.3 Å². The van der Waals surface area contributed by atoms with Crippen LogP contribution < -0.4 is 5.73 Å². The van der Waals surface area contributed by atoms with Crippen molar-refractivity contribution in [2.75, 3.05) is 12.8 Å². The molecule has 0 bridgehead atoms. The van der Waals surface area contributed by atoms with Crippen LogP contribution in [0.2, 0.25) is 0 Å². The number of nitrogens with zero attached hydrogens (tertiary/aromatic N) is 2. The molecule has 1 aromatic heterocycles. The van der Waals surface area contributed by atoms with E-state index in [2.05, 4.69) is 25.9 Å². The Morgan fingerprint density at radius 2 is 2.11 bits per heavy atom. The highest BCUT2D eigenvalue weighted by atomic mass is 79.9. The number of anilines is 1. The first-order chi connectivity index (χ1) is 8.61. The Hall–Kier alpha value is -1.46. The number of ether oxygens (including phenoxy) is 1. The predicted octanol–water partition coefficient (Wildman–Crippen LogP) is 2.94. The van der Waals surface area contributed by atoms with Crippen LogP contribution in [0, 0.1) is 6.92 Å². The largest absolute Gasteiger partial charge is 0.383 e. The van der Waals surface area contributed by atoms with Gasteiger partial charge in [-0.2, -0.15) is 0 Å². The van der Waals surface area contributed by atoms with Crippen LogP contribution in [-0.4, -0.2) is 17.1 Å². The first kappa shape index (κ1) is 13.0. The van der Waals surface area contributed by atoms with Gasteiger partial charge in [-0.3, -0.25) is 0 Å². The summed E-state index contributed by atoms with van der Waals surface area (Å²) in [6.07, 6.45) is 0. The molecule has 0 aliphatic heterocycles. The van der Waals surface area contributed by atoms with Crippen molar-refractivity contribution in [2.45, 2.75) is 13.5 Å². The normalized spacial score (nSPS) is 10.6. The lowest BCUT2D eigenvalue weighted by atomic mass is 10.1. The van der Waals surface area contributed by atoms with Gasteiger partial charge in [-0.05, 0) is 34.5 Å². The van der Waals surface area contributed by atoms with Crippen molar-refractivity contribution < 1.29 is 4.74 Å². The topological polar surface area (TPSA) is 61.0 Å². The first-order valence-corrected chi connectivity index (χ1v) is 6.29. The van der Waals surface area contributed by atoms with Crippen LogP contribution >= 0.6 is 15.9 Å². The SMILES string of the molecule is COCc1cccc(-c2nc(C)c(Br)c(N)n2)c1. The minimum absolute atomic E-state index is 0.453. The molecule has 2 aromatic rings. The molecule has 1 aromatic carbocycles. The molecule has 5 heteroatoms. The third-order valence-corrected chi connectivity index (χ3v) is 3.52. The highest BCUT2D eigenvalue weighted by molar-refractivity contribution is 9.10. The quantitative estimate of drug-likeness (QED) is 0.947. The lowest BCUT2D eigenvalue weighted by Gasteiger charge is -2.07. The zero-order valence-corrected chi connectivity index (χ0v) is 11.9. The summed E-state index contributed by atoms with van der Waals surface area (Å²) in [5, 5.41) is 0. The van der Waals surface area contributed by atoms with Gasteiger partial charge in [-0.25, -0.2) is 9.97 Å². The predicted molar refractivity (Wildman–Crippen MR) is 75.0 cm³/mol. The minimum Gasteiger partial charge on any atom is -0.383 e. The number of nitrogen functional groups attached to an aromatic ring is 1. The summed E-state index contributed by atoms with van der Waals surface area (Å²) in [5.41, 5.74) is 8.68. The summed E-state index contributed by atoms with van der Waals surface area (Å²) < 4.78 is 5.86. The zero-order chi connectivity index (χ0) is 13.1. The Balaban J connectivity index is 2.45. The lowest BCUT2D eigenvalue weighted by molar-refractivity contribution is 0.185. The molecule has 94 valence electrons. The molecule has 0 spiro atoms. The van der Waals surface area contributed by atoms with Crippen LogP contribution in [0.15, 0.2) is 28.7 Å². The van der Waals surface area contributed by atoms with Gasteiger partial charge in [0.05, 0.1) is 16.8 Å². The fraction of sp³-hybridized carbons (Fsp3) is 0.231. The Bertz CT molecular complexity index is 549. The molecule has 2 rings (SSSR count). The second-order valence-electron chi connectivity index (χ2n) is 3.97. The van der Waals surface area contributed by atoms with Gasteiger partial charge in [0.1, 0.15) is 5.82 Å². The number of halogens is 1. The van der Waals surface area contributed by atoms with Crippen molar-refractivity contribution in [3.8, 4) is 11.4 Å². The first-order valence-electron chi connectivity index (χ1n) is 5.49. The third-order valence-electron chi connectivity index (χ3n) is 2.54. The van der Waals surface area contributed by atoms with Gasteiger partial charge in [0.25, 0.3) is 0 Å². The molecule has 1 heterocycles. The number of benzene rings is 1. The van der Waals surface area contributed by atoms with E-state index in [9.17, 15) is 0 Å². The van der Waals surface area contributed by atoms with E-state index in [1.165, 1.54) is 0 Å². The third kappa shape index (κ3) is 2.68. The highest BCUT2D eigenvalue weighted by Crippen LogP contribution is 2.25. The van der Waals surface area contributed by atoms with Crippen LogP contribution in [0.5, 0.6) is 0 Å². The molecule has 0 saturated carbocycles. The summed E-state index contributed by atoms with van der Waals surface area (Å²) >= 11 is 3.36. The van der Waals surface area contributed by atoms with E-state index in [1.54, 1.807) is 7.11 Å². The second-order valence-corrected chi connectivity index (χ2v) is 4.76. The second kappa shape index (κ2) is 5.46. The number of aromatic nitrogens is 2. The number of aryl methyl sites for hydroxylation is 1. The molecule has 0 aliphatic rings. The smallest absolute Gasteiger partial charge is 0.161 e. The van der Waals surface area contributed by atoms with Crippen molar-refractivity contribution in [2.24, 2.45) is 0 Å². The van der Waals surface area contributed by atoms with Gasteiger partial charge in [0.2, 0.25) is 0 Å². The molecule has 0 amide bonds. The van der Waals surface area contributed by atoms with Crippen molar-refractivity contribution >= 4 is 21.7 Å². The number of hydrogen-bond donors (Lipinski definition) is 1. The molecule has 2 N–H and O–H groups in total. The van der Waals surface area contributed by atoms with Gasteiger partial charge >= 0.3 is 0 Å². The van der Waals surface area contributed by atoms with Crippen LogP contribution in [0.3, 0.4) is 0 Å². The Kier molecular flexibility index (Phi) is 3.93. The molecule has 0 radical (unpaired) electrons. The van der Waals surface area contributed by atoms with Crippen molar-refractivity contribution in [1.29, 1.82) is 0 Å². The van der Waals surface area contributed by atoms with Crippen molar-refractivity contribution in [3.05, 3.63) is 40.0 Å². The van der Waals surface area contributed by atoms with Crippen molar-refractivity contribution in [3.63, 3.8) is 0 Å². The molecular weight excluding hydrogens is 294 g/mol. The Labute approximate surface area is 114 Å². The van der Waals surface area contributed by atoms with Gasteiger partial charge in [0, 0.05) is 12.7 Å². The molecule has 4 nitrogen and oxygen atoms in total. The number of hydrogen-bond acceptors (Lipinski definition) is 4. The Morgan fingerprint density at radius 3 is 2.78 bits per heavy atom. The zero-order valence-electron chi connectivity index (χ0n) is 10.3. The van der Waals surface area contributed by atoms with Gasteiger partial charge in [0.15, 0.2) is 5.82 Å². The molecule has 0 aliphatic carbocycles. The summed E-state index contributed by atoms with van der Waals surface area (Å²) in [4.78, 5) is 8.71. The van der Waals surface area contributed by atoms with E-state index in [0.29, 0.717) is 18.2 Å². The van der Waals surface area contributed by atoms with Gasteiger partial charge in [-0.1, -0.05) is 18.2 Å². The maximum absolute atomic E-state index is 5.83. The van der Waals surface area contributed by atoms with E-state index < -0.39 is 0 Å². The summed E-state index contributed by atoms with van der Waals surface area (Å²) in [7, 11) is 1.67. The van der Waals surface area contributed by atoms with Crippen LogP contribution in [0.4, 0.5) is 5.82 Å². The van der Waals surface area contributed by atoms with Crippen molar-refractivity contribution in [1.82, 2.24) is 9.97 Å². The maximum Gasteiger partial charge on any atom is 0.161 e. The molecule has 0 saturated heterocycles. The summed E-state index contributed by atoms with van der Waals surface area (Å²) in [5.74, 6) is 1.08. The van der Waals surface area contributed by atoms with Gasteiger partial charge < -0.3 is 10.5 Å². The van der Waals surface area contributed by atoms with E-state index in [1.807, 2.05) is 31.2 Å². The maximum atomic E-state index is 5.83.